The standard InChI is InChI=1S/C25H24N8O3S/c1-15-20(21(32-36-15)16-5-3-2-4-6-16)25(35)33-11-7-17(8-12-33)24-29-19(14-37-24)23(34)31-30-22(26)18-13-27-9-10-28-18/h2-6,9-10,13-14,17H,7-8,11-12H2,1H3,(H2,26,30)(H,31,34). The summed E-state index contributed by atoms with van der Waals surface area (Å²) in [5.74, 6) is 0.157. The highest BCUT2D eigenvalue weighted by atomic mass is 32.1. The van der Waals surface area contributed by atoms with Crippen molar-refractivity contribution in [2.45, 2.75) is 25.7 Å². The molecule has 0 atom stereocenters. The van der Waals surface area contributed by atoms with Gasteiger partial charge in [0, 0.05) is 42.3 Å². The lowest BCUT2D eigenvalue weighted by Crippen LogP contribution is -2.38. The lowest BCUT2D eigenvalue weighted by molar-refractivity contribution is 0.0711. The van der Waals surface area contributed by atoms with Crippen LogP contribution in [0.3, 0.4) is 0 Å². The first-order valence-corrected chi connectivity index (χ1v) is 12.6. The van der Waals surface area contributed by atoms with E-state index in [4.69, 9.17) is 10.3 Å². The maximum atomic E-state index is 13.4. The van der Waals surface area contributed by atoms with E-state index in [2.05, 4.69) is 30.6 Å². The van der Waals surface area contributed by atoms with Crippen molar-refractivity contribution in [3.8, 4) is 11.3 Å². The molecule has 1 aliphatic rings. The van der Waals surface area contributed by atoms with Crippen molar-refractivity contribution in [2.24, 2.45) is 10.8 Å². The predicted octanol–water partition coefficient (Wildman–Crippen LogP) is 2.97. The van der Waals surface area contributed by atoms with Crippen molar-refractivity contribution < 1.29 is 14.1 Å². The average molecular weight is 517 g/mol. The molecule has 188 valence electrons. The van der Waals surface area contributed by atoms with E-state index in [-0.39, 0.29) is 23.4 Å². The molecule has 11 nitrogen and oxygen atoms in total. The van der Waals surface area contributed by atoms with Crippen LogP contribution in [0, 0.1) is 6.92 Å². The SMILES string of the molecule is Cc1onc(-c2ccccc2)c1C(=O)N1CCC(c2nc(C(=O)NN=C(N)c3cnccn3)cs2)CC1. The molecule has 4 aromatic rings. The molecule has 0 aliphatic carbocycles. The van der Waals surface area contributed by atoms with Crippen LogP contribution >= 0.6 is 11.3 Å². The first-order valence-electron chi connectivity index (χ1n) is 11.7. The van der Waals surface area contributed by atoms with Gasteiger partial charge < -0.3 is 15.2 Å². The third-order valence-corrected chi connectivity index (χ3v) is 7.12. The van der Waals surface area contributed by atoms with E-state index in [0.717, 1.165) is 23.4 Å². The topological polar surface area (TPSA) is 152 Å². The van der Waals surface area contributed by atoms with Gasteiger partial charge in [-0.2, -0.15) is 5.10 Å². The smallest absolute Gasteiger partial charge is 0.290 e. The second-order valence-electron chi connectivity index (χ2n) is 8.49. The fourth-order valence-electron chi connectivity index (χ4n) is 4.14. The molecule has 1 aliphatic heterocycles. The Kier molecular flexibility index (Phi) is 6.99. The van der Waals surface area contributed by atoms with Gasteiger partial charge in [-0.25, -0.2) is 15.4 Å². The molecular formula is C25H24N8O3S. The number of aromatic nitrogens is 4. The van der Waals surface area contributed by atoms with E-state index >= 15 is 0 Å². The molecule has 12 heteroatoms. The van der Waals surface area contributed by atoms with Gasteiger partial charge in [-0.05, 0) is 19.8 Å². The number of nitrogens with zero attached hydrogens (tertiary/aromatic N) is 6. The zero-order valence-corrected chi connectivity index (χ0v) is 20.8. The summed E-state index contributed by atoms with van der Waals surface area (Å²) < 4.78 is 5.37. The number of benzene rings is 1. The molecule has 0 bridgehead atoms. The van der Waals surface area contributed by atoms with Crippen molar-refractivity contribution in [1.82, 2.24) is 30.4 Å². The molecule has 0 saturated carbocycles. The van der Waals surface area contributed by atoms with Gasteiger partial charge in [-0.1, -0.05) is 35.5 Å². The largest absolute Gasteiger partial charge is 0.380 e. The number of carbonyl (C=O) groups excluding carboxylic acids is 2. The number of amidine groups is 1. The number of aryl methyl sites for hydroxylation is 1. The summed E-state index contributed by atoms with van der Waals surface area (Å²) in [6.07, 6.45) is 5.94. The third kappa shape index (κ3) is 5.23. The average Bonchev–Trinajstić information content (AvgIpc) is 3.60. The van der Waals surface area contributed by atoms with Crippen LogP contribution in [0.1, 0.15) is 56.1 Å². The minimum atomic E-state index is -0.460. The summed E-state index contributed by atoms with van der Waals surface area (Å²) in [7, 11) is 0. The summed E-state index contributed by atoms with van der Waals surface area (Å²) >= 11 is 1.42. The van der Waals surface area contributed by atoms with E-state index in [0.29, 0.717) is 35.8 Å². The highest BCUT2D eigenvalue weighted by molar-refractivity contribution is 7.09. The second kappa shape index (κ2) is 10.7. The molecular weight excluding hydrogens is 492 g/mol. The second-order valence-corrected chi connectivity index (χ2v) is 9.38. The first-order chi connectivity index (χ1) is 18.0. The number of likely N-dealkylation sites (tertiary alicyclic amines) is 1. The van der Waals surface area contributed by atoms with Crippen molar-refractivity contribution in [2.75, 3.05) is 13.1 Å². The van der Waals surface area contributed by atoms with Gasteiger partial charge in [0.05, 0.1) is 11.2 Å². The number of rotatable bonds is 6. The van der Waals surface area contributed by atoms with Gasteiger partial charge in [0.25, 0.3) is 11.8 Å². The number of nitrogens with one attached hydrogen (secondary N) is 1. The highest BCUT2D eigenvalue weighted by Gasteiger charge is 2.30. The number of hydrogen-bond donors (Lipinski definition) is 2. The van der Waals surface area contributed by atoms with Crippen LogP contribution in [0.5, 0.6) is 0 Å². The van der Waals surface area contributed by atoms with Crippen LogP contribution in [0.25, 0.3) is 11.3 Å². The Morgan fingerprint density at radius 2 is 1.95 bits per heavy atom. The van der Waals surface area contributed by atoms with Crippen LogP contribution in [-0.4, -0.2) is 55.7 Å². The molecule has 0 spiro atoms. The molecule has 3 N–H and O–H groups in total. The summed E-state index contributed by atoms with van der Waals surface area (Å²) in [5, 5.41) is 10.6. The Labute approximate surface area is 216 Å². The quantitative estimate of drug-likeness (QED) is 0.225. The van der Waals surface area contributed by atoms with Gasteiger partial charge >= 0.3 is 0 Å². The Hall–Kier alpha value is -4.45. The number of amides is 2. The van der Waals surface area contributed by atoms with Gasteiger partial charge in [0.2, 0.25) is 0 Å². The van der Waals surface area contributed by atoms with E-state index < -0.39 is 5.91 Å². The first kappa shape index (κ1) is 24.3. The lowest BCUT2D eigenvalue weighted by Gasteiger charge is -2.31. The molecule has 1 fully saturated rings. The van der Waals surface area contributed by atoms with Crippen LogP contribution in [0.4, 0.5) is 0 Å². The van der Waals surface area contributed by atoms with Crippen molar-refractivity contribution >= 4 is 29.0 Å². The Balaban J connectivity index is 1.20. The number of hydrogen-bond acceptors (Lipinski definition) is 9. The fourth-order valence-corrected chi connectivity index (χ4v) is 5.11. The number of carbonyl (C=O) groups is 2. The van der Waals surface area contributed by atoms with Gasteiger partial charge in [0.1, 0.15) is 28.4 Å². The molecule has 0 unspecified atom stereocenters. The molecule has 1 saturated heterocycles. The minimum absolute atomic E-state index is 0.0485. The Morgan fingerprint density at radius 1 is 1.16 bits per heavy atom. The maximum Gasteiger partial charge on any atom is 0.290 e. The van der Waals surface area contributed by atoms with E-state index in [9.17, 15) is 9.59 Å². The monoisotopic (exact) mass is 516 g/mol. The van der Waals surface area contributed by atoms with E-state index in [1.54, 1.807) is 12.3 Å². The summed E-state index contributed by atoms with van der Waals surface area (Å²) in [4.78, 5) is 40.2. The molecule has 1 aromatic carbocycles. The lowest BCUT2D eigenvalue weighted by atomic mass is 9.96. The number of nitrogens with two attached hydrogens (primary N) is 1. The maximum absolute atomic E-state index is 13.4. The normalized spacial score (nSPS) is 14.5. The molecule has 0 radical (unpaired) electrons. The Morgan fingerprint density at radius 3 is 2.68 bits per heavy atom. The van der Waals surface area contributed by atoms with Gasteiger partial charge in [-0.15, -0.1) is 11.3 Å². The summed E-state index contributed by atoms with van der Waals surface area (Å²) in [5.41, 5.74) is 10.8. The van der Waals surface area contributed by atoms with Crippen molar-refractivity contribution in [3.63, 3.8) is 0 Å². The summed E-state index contributed by atoms with van der Waals surface area (Å²) in [6, 6.07) is 9.54. The highest BCUT2D eigenvalue weighted by Crippen LogP contribution is 2.32. The zero-order chi connectivity index (χ0) is 25.8. The van der Waals surface area contributed by atoms with E-state index in [1.807, 2.05) is 35.2 Å². The van der Waals surface area contributed by atoms with Gasteiger partial charge in [-0.3, -0.25) is 14.6 Å². The molecule has 3 aromatic heterocycles. The van der Waals surface area contributed by atoms with Gasteiger partial charge in [0.15, 0.2) is 5.84 Å². The zero-order valence-electron chi connectivity index (χ0n) is 20.0. The van der Waals surface area contributed by atoms with Crippen LogP contribution in [-0.2, 0) is 0 Å². The molecule has 4 heterocycles. The minimum Gasteiger partial charge on any atom is -0.380 e. The number of hydrazone groups is 1. The predicted molar refractivity (Wildman–Crippen MR) is 137 cm³/mol. The molecule has 5 rings (SSSR count). The van der Waals surface area contributed by atoms with Crippen molar-refractivity contribution in [3.05, 3.63) is 82.0 Å². The molecule has 2 amide bonds. The van der Waals surface area contributed by atoms with E-state index in [1.165, 1.54) is 29.9 Å². The van der Waals surface area contributed by atoms with Crippen LogP contribution in [0.15, 0.2) is 63.9 Å². The third-order valence-electron chi connectivity index (χ3n) is 6.11. The van der Waals surface area contributed by atoms with Crippen LogP contribution < -0.4 is 11.2 Å². The summed E-state index contributed by atoms with van der Waals surface area (Å²) in [6.45, 7) is 2.90. The van der Waals surface area contributed by atoms with Crippen LogP contribution in [0.2, 0.25) is 0 Å². The van der Waals surface area contributed by atoms with Crippen molar-refractivity contribution in [1.29, 1.82) is 0 Å². The fraction of sp³-hybridized carbons (Fsp3) is 0.240. The Bertz CT molecular complexity index is 1430. The number of piperidine rings is 1. The molecule has 37 heavy (non-hydrogen) atoms. The number of thiazole rings is 1.